The zero-order valence-electron chi connectivity index (χ0n) is 16.1. The van der Waals surface area contributed by atoms with Gasteiger partial charge in [-0.15, -0.1) is 0 Å². The van der Waals surface area contributed by atoms with Crippen LogP contribution in [0.25, 0.3) is 0 Å². The highest BCUT2D eigenvalue weighted by Crippen LogP contribution is 2.24. The topological polar surface area (TPSA) is 92.7 Å². The van der Waals surface area contributed by atoms with E-state index in [9.17, 15) is 9.90 Å². The van der Waals surface area contributed by atoms with Crippen molar-refractivity contribution in [2.45, 2.75) is 12.8 Å². The van der Waals surface area contributed by atoms with Crippen molar-refractivity contribution < 1.29 is 19.4 Å². The molecule has 7 nitrogen and oxygen atoms in total. The van der Waals surface area contributed by atoms with E-state index in [-0.39, 0.29) is 11.7 Å². The summed E-state index contributed by atoms with van der Waals surface area (Å²) < 4.78 is 10.7. The first-order chi connectivity index (χ1) is 14.1. The van der Waals surface area contributed by atoms with Gasteiger partial charge in [0.25, 0.3) is 0 Å². The zero-order chi connectivity index (χ0) is 20.5. The maximum absolute atomic E-state index is 12.3. The Kier molecular flexibility index (Phi) is 6.89. The second kappa shape index (κ2) is 9.98. The molecule has 29 heavy (non-hydrogen) atoms. The van der Waals surface area contributed by atoms with Gasteiger partial charge in [0.05, 0.1) is 19.4 Å². The van der Waals surface area contributed by atoms with Crippen molar-refractivity contribution in [3.8, 4) is 17.2 Å². The van der Waals surface area contributed by atoms with Crippen LogP contribution >= 0.6 is 0 Å². The summed E-state index contributed by atoms with van der Waals surface area (Å²) in [5.74, 6) is 2.09. The number of pyridine rings is 1. The van der Waals surface area contributed by atoms with Crippen LogP contribution in [-0.4, -0.2) is 29.7 Å². The van der Waals surface area contributed by atoms with E-state index in [0.717, 1.165) is 17.2 Å². The number of anilines is 3. The lowest BCUT2D eigenvalue weighted by molar-refractivity contribution is -0.116. The van der Waals surface area contributed by atoms with E-state index in [1.807, 2.05) is 24.3 Å². The monoisotopic (exact) mass is 393 g/mol. The average Bonchev–Trinajstić information content (AvgIpc) is 2.75. The van der Waals surface area contributed by atoms with Gasteiger partial charge in [-0.3, -0.25) is 4.79 Å². The fourth-order valence-corrected chi connectivity index (χ4v) is 2.59. The average molecular weight is 393 g/mol. The van der Waals surface area contributed by atoms with Crippen LogP contribution < -0.4 is 20.1 Å². The molecule has 3 rings (SSSR count). The number of hydrogen-bond acceptors (Lipinski definition) is 6. The van der Waals surface area contributed by atoms with Crippen molar-refractivity contribution in [1.82, 2.24) is 4.98 Å². The third-order valence-electron chi connectivity index (χ3n) is 4.09. The summed E-state index contributed by atoms with van der Waals surface area (Å²) in [5.41, 5.74) is 1.34. The van der Waals surface area contributed by atoms with Crippen LogP contribution in [0.15, 0.2) is 66.9 Å². The Morgan fingerprint density at radius 3 is 2.48 bits per heavy atom. The van der Waals surface area contributed by atoms with Crippen molar-refractivity contribution in [3.63, 3.8) is 0 Å². The lowest BCUT2D eigenvalue weighted by Gasteiger charge is -2.12. The molecule has 3 N–H and O–H groups in total. The number of benzene rings is 2. The van der Waals surface area contributed by atoms with Crippen LogP contribution in [0.3, 0.4) is 0 Å². The molecule has 2 aromatic carbocycles. The standard InChI is InChI=1S/C22H23N3O4/c1-28-18-10-12-19(13-11-18)29-15-3-5-21(27)25-20-4-2-14-23-22(20)24-16-6-8-17(26)9-7-16/h2,4,6-14,26H,3,5,15H2,1H3,(H,23,24)(H,25,27). The number of aromatic hydroxyl groups is 1. The number of rotatable bonds is 9. The van der Waals surface area contributed by atoms with Gasteiger partial charge in [0, 0.05) is 18.3 Å². The minimum absolute atomic E-state index is 0.120. The number of aromatic nitrogens is 1. The van der Waals surface area contributed by atoms with Crippen LogP contribution in [0, 0.1) is 0 Å². The van der Waals surface area contributed by atoms with Crippen molar-refractivity contribution in [3.05, 3.63) is 66.9 Å². The molecule has 3 aromatic rings. The summed E-state index contributed by atoms with van der Waals surface area (Å²) in [6.45, 7) is 0.436. The van der Waals surface area contributed by atoms with E-state index in [4.69, 9.17) is 9.47 Å². The molecule has 0 fully saturated rings. The smallest absolute Gasteiger partial charge is 0.224 e. The van der Waals surface area contributed by atoms with Gasteiger partial charge < -0.3 is 25.2 Å². The molecule has 150 valence electrons. The number of carbonyl (C=O) groups is 1. The summed E-state index contributed by atoms with van der Waals surface area (Å²) >= 11 is 0. The maximum Gasteiger partial charge on any atom is 0.224 e. The molecule has 0 saturated carbocycles. The minimum atomic E-state index is -0.120. The Balaban J connectivity index is 1.48. The van der Waals surface area contributed by atoms with Gasteiger partial charge in [-0.25, -0.2) is 4.98 Å². The Morgan fingerprint density at radius 1 is 1.03 bits per heavy atom. The largest absolute Gasteiger partial charge is 0.508 e. The predicted molar refractivity (Wildman–Crippen MR) is 112 cm³/mol. The minimum Gasteiger partial charge on any atom is -0.508 e. The van der Waals surface area contributed by atoms with Gasteiger partial charge >= 0.3 is 0 Å². The van der Waals surface area contributed by atoms with Crippen molar-refractivity contribution >= 4 is 23.1 Å². The molecule has 0 unspecified atom stereocenters. The summed E-state index contributed by atoms with van der Waals surface area (Å²) in [6, 6.07) is 17.5. The summed E-state index contributed by atoms with van der Waals surface area (Å²) in [7, 11) is 1.61. The number of hydrogen-bond donors (Lipinski definition) is 3. The molecule has 0 aliphatic carbocycles. The SMILES string of the molecule is COc1ccc(OCCCC(=O)Nc2cccnc2Nc2ccc(O)cc2)cc1. The number of phenolic OH excluding ortho intramolecular Hbond substituents is 1. The summed E-state index contributed by atoms with van der Waals surface area (Å²) in [6.07, 6.45) is 2.55. The number of methoxy groups -OCH3 is 1. The Bertz CT molecular complexity index is 928. The number of ether oxygens (including phenoxy) is 2. The number of amides is 1. The van der Waals surface area contributed by atoms with Crippen LogP contribution in [0.2, 0.25) is 0 Å². The Hall–Kier alpha value is -3.74. The van der Waals surface area contributed by atoms with E-state index in [1.165, 1.54) is 0 Å². The number of nitrogens with zero attached hydrogens (tertiary/aromatic N) is 1. The molecule has 0 aliphatic rings. The number of nitrogens with one attached hydrogen (secondary N) is 2. The van der Waals surface area contributed by atoms with Crippen molar-refractivity contribution in [2.24, 2.45) is 0 Å². The summed E-state index contributed by atoms with van der Waals surface area (Å²) in [5, 5.41) is 15.4. The first kappa shape index (κ1) is 20.0. The van der Waals surface area contributed by atoms with E-state index in [2.05, 4.69) is 15.6 Å². The quantitative estimate of drug-likeness (QED) is 0.370. The fourth-order valence-electron chi connectivity index (χ4n) is 2.59. The van der Waals surface area contributed by atoms with Crippen molar-refractivity contribution in [1.29, 1.82) is 0 Å². The van der Waals surface area contributed by atoms with Crippen LogP contribution in [-0.2, 0) is 4.79 Å². The molecular weight excluding hydrogens is 370 g/mol. The zero-order valence-corrected chi connectivity index (χ0v) is 16.1. The Labute approximate surface area is 169 Å². The first-order valence-corrected chi connectivity index (χ1v) is 9.22. The third kappa shape index (κ3) is 6.14. The fraction of sp³-hybridized carbons (Fsp3) is 0.182. The lowest BCUT2D eigenvalue weighted by atomic mass is 10.2. The van der Waals surface area contributed by atoms with Gasteiger partial charge in [0.15, 0.2) is 5.82 Å². The van der Waals surface area contributed by atoms with Gasteiger partial charge in [0.2, 0.25) is 5.91 Å². The van der Waals surface area contributed by atoms with Gasteiger partial charge in [-0.05, 0) is 67.1 Å². The molecule has 0 radical (unpaired) electrons. The highest BCUT2D eigenvalue weighted by atomic mass is 16.5. The van der Waals surface area contributed by atoms with Crippen LogP contribution in [0.4, 0.5) is 17.2 Å². The Morgan fingerprint density at radius 2 is 1.76 bits per heavy atom. The highest BCUT2D eigenvalue weighted by molar-refractivity contribution is 5.94. The molecule has 0 aliphatic heterocycles. The molecule has 0 atom stereocenters. The molecule has 1 aromatic heterocycles. The number of phenols is 1. The second-order valence-electron chi connectivity index (χ2n) is 6.25. The normalized spacial score (nSPS) is 10.2. The lowest BCUT2D eigenvalue weighted by Crippen LogP contribution is -2.14. The molecular formula is C22H23N3O4. The second-order valence-corrected chi connectivity index (χ2v) is 6.25. The summed E-state index contributed by atoms with van der Waals surface area (Å²) in [4.78, 5) is 16.6. The maximum atomic E-state index is 12.3. The highest BCUT2D eigenvalue weighted by Gasteiger charge is 2.08. The van der Waals surface area contributed by atoms with Crippen LogP contribution in [0.5, 0.6) is 17.2 Å². The molecule has 1 amide bonds. The van der Waals surface area contributed by atoms with Gasteiger partial charge in [-0.2, -0.15) is 0 Å². The number of carbonyl (C=O) groups excluding carboxylic acids is 1. The van der Waals surface area contributed by atoms with Gasteiger partial charge in [0.1, 0.15) is 17.2 Å². The van der Waals surface area contributed by atoms with Crippen molar-refractivity contribution in [2.75, 3.05) is 24.4 Å². The molecule has 0 spiro atoms. The van der Waals surface area contributed by atoms with Crippen LogP contribution in [0.1, 0.15) is 12.8 Å². The predicted octanol–water partition coefficient (Wildman–Crippen LogP) is 4.34. The van der Waals surface area contributed by atoms with E-state index < -0.39 is 0 Å². The molecule has 0 saturated heterocycles. The van der Waals surface area contributed by atoms with Gasteiger partial charge in [-0.1, -0.05) is 0 Å². The first-order valence-electron chi connectivity index (χ1n) is 9.22. The van der Waals surface area contributed by atoms with E-state index >= 15 is 0 Å². The molecule has 0 bridgehead atoms. The molecule has 1 heterocycles. The molecule has 7 heteroatoms. The van der Waals surface area contributed by atoms with E-state index in [0.29, 0.717) is 31.0 Å². The van der Waals surface area contributed by atoms with E-state index in [1.54, 1.807) is 49.7 Å². The third-order valence-corrected chi connectivity index (χ3v) is 4.09.